The first-order valence-corrected chi connectivity index (χ1v) is 10.7. The first kappa shape index (κ1) is 34.0. The van der Waals surface area contributed by atoms with Crippen molar-refractivity contribution in [3.8, 4) is 11.1 Å². The molecule has 2 heterocycles. The summed E-state index contributed by atoms with van der Waals surface area (Å²) in [5.74, 6) is -3.35. The summed E-state index contributed by atoms with van der Waals surface area (Å²) in [4.78, 5) is 16.3. The second-order valence-electron chi connectivity index (χ2n) is 6.97. The van der Waals surface area contributed by atoms with Crippen molar-refractivity contribution in [1.82, 2.24) is 15.3 Å². The topological polar surface area (TPSA) is 171 Å². The van der Waals surface area contributed by atoms with Crippen LogP contribution in [0.3, 0.4) is 0 Å². The Morgan fingerprint density at radius 2 is 1.83 bits per heavy atom. The molecular formula is C21H25B2Cl2N4O6V. The van der Waals surface area contributed by atoms with E-state index in [1.54, 1.807) is 6.20 Å². The van der Waals surface area contributed by atoms with Crippen molar-refractivity contribution in [1.29, 1.82) is 0 Å². The predicted molar refractivity (Wildman–Crippen MR) is 136 cm³/mol. The molecule has 0 fully saturated rings. The standard InChI is InChI=1S/C12H13B2ClN3O4.C6H5Cl.C3H7NO2.V/c1-6-2-7(4-16-6)8-3-10(17-5-9(8)15)18-11(13,14-22)12(19,20)21;7-6-4-2-1-3-5-6;5-2-1-4-3-6;/h2-5,16,19-22H,1H3,(H,17,18);1-5H;3,5H,1-2H2,(H,4,6);. The van der Waals surface area contributed by atoms with Crippen LogP contribution in [0, 0.1) is 6.92 Å². The Morgan fingerprint density at radius 1 is 1.19 bits per heavy atom. The summed E-state index contributed by atoms with van der Waals surface area (Å²) in [6.45, 7) is 2.24. The molecule has 3 aromatic rings. The minimum atomic E-state index is -3.41. The summed E-state index contributed by atoms with van der Waals surface area (Å²) >= 11 is 11.6. The van der Waals surface area contributed by atoms with Crippen LogP contribution in [0.5, 0.6) is 0 Å². The molecule has 36 heavy (non-hydrogen) atoms. The largest absolute Gasteiger partial charge is 0.452 e. The van der Waals surface area contributed by atoms with Crippen LogP contribution in [0.2, 0.25) is 10.0 Å². The van der Waals surface area contributed by atoms with Crippen molar-refractivity contribution in [3.05, 3.63) is 70.6 Å². The quantitative estimate of drug-likeness (QED) is 0.0838. The summed E-state index contributed by atoms with van der Waals surface area (Å²) in [6.07, 6.45) is 3.62. The summed E-state index contributed by atoms with van der Waals surface area (Å²) in [6, 6.07) is 12.8. The minimum absolute atomic E-state index is 0. The molecule has 2 aromatic heterocycles. The molecule has 0 bridgehead atoms. The number of aromatic nitrogens is 2. The fourth-order valence-corrected chi connectivity index (χ4v) is 2.70. The molecule has 8 N–H and O–H groups in total. The van der Waals surface area contributed by atoms with E-state index in [9.17, 15) is 20.1 Å². The molecule has 1 atom stereocenters. The number of aryl methyl sites for hydroxylation is 1. The van der Waals surface area contributed by atoms with Crippen LogP contribution in [-0.2, 0) is 23.4 Å². The maximum atomic E-state index is 9.34. The minimum Gasteiger partial charge on any atom is -0.452 e. The first-order valence-electron chi connectivity index (χ1n) is 9.99. The molecule has 3 rings (SSSR count). The van der Waals surface area contributed by atoms with E-state index in [0.29, 0.717) is 23.5 Å². The van der Waals surface area contributed by atoms with Crippen molar-refractivity contribution in [2.75, 3.05) is 18.5 Å². The number of H-pyrrole nitrogens is 1. The van der Waals surface area contributed by atoms with E-state index in [4.69, 9.17) is 41.2 Å². The smallest absolute Gasteiger partial charge is 0.313 e. The molecule has 4 radical (unpaired) electrons. The Bertz CT molecular complexity index is 1050. The van der Waals surface area contributed by atoms with E-state index in [0.717, 1.165) is 16.3 Å². The van der Waals surface area contributed by atoms with E-state index in [1.165, 1.54) is 12.3 Å². The number of rotatable bonds is 8. The summed E-state index contributed by atoms with van der Waals surface area (Å²) in [7, 11) is 5.70. The van der Waals surface area contributed by atoms with Gasteiger partial charge < -0.3 is 41.1 Å². The Hall–Kier alpha value is -1.99. The van der Waals surface area contributed by atoms with Gasteiger partial charge in [0, 0.05) is 59.3 Å². The van der Waals surface area contributed by atoms with Crippen molar-refractivity contribution in [3.63, 3.8) is 0 Å². The average molecular weight is 573 g/mol. The van der Waals surface area contributed by atoms with E-state index < -0.39 is 11.3 Å². The van der Waals surface area contributed by atoms with Crippen LogP contribution >= 0.6 is 23.2 Å². The van der Waals surface area contributed by atoms with Crippen LogP contribution in [0.1, 0.15) is 5.69 Å². The first-order chi connectivity index (χ1) is 16.5. The fourth-order valence-electron chi connectivity index (χ4n) is 2.34. The molecule has 0 aliphatic rings. The number of benzene rings is 1. The van der Waals surface area contributed by atoms with Gasteiger partial charge in [-0.2, -0.15) is 0 Å². The predicted octanol–water partition coefficient (Wildman–Crippen LogP) is 0.577. The van der Waals surface area contributed by atoms with Crippen LogP contribution in [0.25, 0.3) is 11.1 Å². The van der Waals surface area contributed by atoms with Crippen LogP contribution in [0.4, 0.5) is 5.82 Å². The number of hydrogen-bond acceptors (Lipinski definition) is 8. The summed E-state index contributed by atoms with van der Waals surface area (Å²) in [5, 5.41) is 48.0. The summed E-state index contributed by atoms with van der Waals surface area (Å²) in [5.41, 5.74) is 2.31. The third-order valence-corrected chi connectivity index (χ3v) is 4.71. The number of hydrogen-bond donors (Lipinski definition) is 8. The monoisotopic (exact) mass is 572 g/mol. The van der Waals surface area contributed by atoms with Crippen molar-refractivity contribution in [2.45, 2.75) is 18.2 Å². The van der Waals surface area contributed by atoms with Crippen molar-refractivity contribution >= 4 is 50.8 Å². The number of pyridine rings is 1. The van der Waals surface area contributed by atoms with E-state index in [-0.39, 0.29) is 38.5 Å². The third-order valence-electron chi connectivity index (χ3n) is 4.16. The molecule has 0 saturated carbocycles. The summed E-state index contributed by atoms with van der Waals surface area (Å²) < 4.78 is 0. The zero-order chi connectivity index (χ0) is 26.5. The van der Waals surface area contributed by atoms with Gasteiger partial charge >= 0.3 is 7.48 Å². The Morgan fingerprint density at radius 3 is 2.22 bits per heavy atom. The van der Waals surface area contributed by atoms with Crippen LogP contribution in [0.15, 0.2) is 54.9 Å². The van der Waals surface area contributed by atoms with E-state index in [2.05, 4.69) is 20.6 Å². The van der Waals surface area contributed by atoms with E-state index in [1.807, 2.05) is 43.3 Å². The van der Waals surface area contributed by atoms with Gasteiger partial charge in [-0.1, -0.05) is 41.4 Å². The van der Waals surface area contributed by atoms with Gasteiger partial charge in [0.1, 0.15) is 13.7 Å². The molecular weight excluding hydrogens is 548 g/mol. The molecule has 0 spiro atoms. The number of halogens is 2. The number of aliphatic hydroxyl groups is 4. The Kier molecular flexibility index (Phi) is 15.8. The van der Waals surface area contributed by atoms with Gasteiger partial charge in [0.15, 0.2) is 0 Å². The fraction of sp³-hybridized carbons (Fsp3) is 0.238. The molecule has 0 saturated heterocycles. The molecule has 190 valence electrons. The Labute approximate surface area is 232 Å². The van der Waals surface area contributed by atoms with Crippen LogP contribution < -0.4 is 10.6 Å². The molecule has 10 nitrogen and oxygen atoms in total. The number of nitrogens with zero attached hydrogens (tertiary/aromatic N) is 1. The van der Waals surface area contributed by atoms with Gasteiger partial charge in [0.25, 0.3) is 5.97 Å². The number of carbonyl (C=O) groups is 1. The van der Waals surface area contributed by atoms with Gasteiger partial charge in [-0.25, -0.2) is 4.98 Å². The number of carbonyl (C=O) groups excluding carboxylic acids is 1. The van der Waals surface area contributed by atoms with Crippen LogP contribution in [-0.4, -0.2) is 81.6 Å². The van der Waals surface area contributed by atoms with E-state index >= 15 is 0 Å². The zero-order valence-electron chi connectivity index (χ0n) is 19.1. The molecule has 0 aliphatic heterocycles. The number of nitrogens with one attached hydrogen (secondary N) is 3. The van der Waals surface area contributed by atoms with Gasteiger partial charge in [-0.05, 0) is 31.2 Å². The van der Waals surface area contributed by atoms with Gasteiger partial charge in [0.2, 0.25) is 6.41 Å². The third kappa shape index (κ3) is 11.4. The van der Waals surface area contributed by atoms with Crippen molar-refractivity contribution in [2.24, 2.45) is 0 Å². The maximum absolute atomic E-state index is 9.34. The second-order valence-corrected chi connectivity index (χ2v) is 7.81. The van der Waals surface area contributed by atoms with Crippen molar-refractivity contribution < 1.29 is 48.8 Å². The molecule has 1 amide bonds. The number of aromatic amines is 1. The number of aliphatic hydroxyl groups excluding tert-OH is 1. The second kappa shape index (κ2) is 16.7. The number of anilines is 1. The SMILES string of the molecule is Clc1ccccc1.O=CNCCO.[B]C([B]O)(Nc1cc(-c2c[nH]c(C)c2)c(Cl)cn1)C(O)(O)O.[V]. The molecule has 0 aliphatic carbocycles. The number of amides is 1. The average Bonchev–Trinajstić information content (AvgIpc) is 3.25. The molecule has 15 heteroatoms. The zero-order valence-corrected chi connectivity index (χ0v) is 22.0. The maximum Gasteiger partial charge on any atom is 0.313 e. The van der Waals surface area contributed by atoms with Gasteiger partial charge in [-0.3, -0.25) is 4.79 Å². The van der Waals surface area contributed by atoms with Gasteiger partial charge in [-0.15, -0.1) is 0 Å². The molecule has 1 unspecified atom stereocenters. The normalized spacial score (nSPS) is 11.8. The molecule has 1 aromatic carbocycles. The van der Waals surface area contributed by atoms with Gasteiger partial charge in [0.05, 0.1) is 17.0 Å². The Balaban J connectivity index is 0.000000718.